The molecule has 5 nitrogen and oxygen atoms in total. The minimum atomic E-state index is 0.0953. The number of hydrogen-bond acceptors (Lipinski definition) is 5. The highest BCUT2D eigenvalue weighted by Crippen LogP contribution is 2.27. The topological polar surface area (TPSA) is 59.1 Å². The van der Waals surface area contributed by atoms with Crippen LogP contribution in [0.4, 0.5) is 17.5 Å². The van der Waals surface area contributed by atoms with Crippen LogP contribution in [0.25, 0.3) is 0 Å². The fraction of sp³-hybridized carbons (Fsp3) is 0.273. The molecule has 5 heteroatoms. The van der Waals surface area contributed by atoms with Gasteiger partial charge in [0.15, 0.2) is 0 Å². The zero-order chi connectivity index (χ0) is 19.2. The van der Waals surface area contributed by atoms with Gasteiger partial charge in [0.2, 0.25) is 5.95 Å². The number of rotatable bonds is 7. The van der Waals surface area contributed by atoms with Crippen molar-refractivity contribution in [2.24, 2.45) is 0 Å². The second-order valence-electron chi connectivity index (χ2n) is 6.85. The predicted octanol–water partition coefficient (Wildman–Crippen LogP) is 5.24. The van der Waals surface area contributed by atoms with E-state index in [4.69, 9.17) is 4.74 Å². The van der Waals surface area contributed by atoms with E-state index in [-0.39, 0.29) is 6.10 Å². The number of hydrogen-bond donors (Lipinski definition) is 2. The van der Waals surface area contributed by atoms with Gasteiger partial charge in [0.1, 0.15) is 11.6 Å². The fourth-order valence-corrected chi connectivity index (χ4v) is 2.78. The van der Waals surface area contributed by atoms with E-state index in [9.17, 15) is 0 Å². The maximum Gasteiger partial charge on any atom is 0.229 e. The third-order valence-corrected chi connectivity index (χ3v) is 3.91. The van der Waals surface area contributed by atoms with E-state index in [1.165, 1.54) is 11.1 Å². The first kappa shape index (κ1) is 18.7. The Bertz CT molecular complexity index is 908. The number of anilines is 3. The quantitative estimate of drug-likeness (QED) is 0.602. The van der Waals surface area contributed by atoms with E-state index in [0.29, 0.717) is 12.5 Å². The maximum atomic E-state index is 5.86. The molecule has 0 saturated heterocycles. The van der Waals surface area contributed by atoms with E-state index in [0.717, 1.165) is 22.9 Å². The summed E-state index contributed by atoms with van der Waals surface area (Å²) in [6, 6.07) is 18.2. The van der Waals surface area contributed by atoms with Gasteiger partial charge in [-0.15, -0.1) is 0 Å². The van der Waals surface area contributed by atoms with Crippen LogP contribution in [0.1, 0.15) is 30.7 Å². The first-order chi connectivity index (χ1) is 13.0. The van der Waals surface area contributed by atoms with Crippen LogP contribution in [0, 0.1) is 13.8 Å². The third kappa shape index (κ3) is 5.45. The summed E-state index contributed by atoms with van der Waals surface area (Å²) in [5.41, 5.74) is 4.21. The summed E-state index contributed by atoms with van der Waals surface area (Å²) >= 11 is 0. The fourth-order valence-electron chi connectivity index (χ4n) is 2.78. The van der Waals surface area contributed by atoms with Crippen molar-refractivity contribution in [3.63, 3.8) is 0 Å². The van der Waals surface area contributed by atoms with Gasteiger partial charge in [-0.2, -0.15) is 4.98 Å². The van der Waals surface area contributed by atoms with Crippen LogP contribution in [-0.4, -0.2) is 16.1 Å². The van der Waals surface area contributed by atoms with E-state index in [2.05, 4.69) is 51.8 Å². The van der Waals surface area contributed by atoms with Gasteiger partial charge >= 0.3 is 0 Å². The van der Waals surface area contributed by atoms with Gasteiger partial charge in [-0.25, -0.2) is 4.98 Å². The molecule has 27 heavy (non-hydrogen) atoms. The summed E-state index contributed by atoms with van der Waals surface area (Å²) < 4.78 is 5.86. The highest BCUT2D eigenvalue weighted by molar-refractivity contribution is 5.63. The number of aromatic nitrogens is 2. The average Bonchev–Trinajstić information content (AvgIpc) is 2.61. The normalized spacial score (nSPS) is 10.7. The molecule has 0 bridgehead atoms. The van der Waals surface area contributed by atoms with Crippen LogP contribution in [0.2, 0.25) is 0 Å². The molecule has 0 fully saturated rings. The van der Waals surface area contributed by atoms with Crippen LogP contribution in [-0.2, 0) is 6.54 Å². The van der Waals surface area contributed by atoms with Crippen molar-refractivity contribution in [3.05, 3.63) is 71.4 Å². The number of aryl methyl sites for hydroxylation is 2. The standard InChI is InChI=1S/C22H26N4O/c1-15(2)27-20-11-6-5-10-19(20)25-22-24-17(4)13-21(26-22)23-14-18-9-7-8-16(3)12-18/h5-13,15H,14H2,1-4H3,(H2,23,24,25,26). The molecular formula is C22H26N4O. The van der Waals surface area contributed by atoms with Crippen molar-refractivity contribution in [1.29, 1.82) is 0 Å². The van der Waals surface area contributed by atoms with Crippen LogP contribution >= 0.6 is 0 Å². The van der Waals surface area contributed by atoms with E-state index < -0.39 is 0 Å². The van der Waals surface area contributed by atoms with Crippen LogP contribution < -0.4 is 15.4 Å². The molecule has 2 N–H and O–H groups in total. The van der Waals surface area contributed by atoms with Gasteiger partial charge in [-0.1, -0.05) is 42.0 Å². The number of ether oxygens (including phenoxy) is 1. The second-order valence-corrected chi connectivity index (χ2v) is 6.85. The Labute approximate surface area is 160 Å². The van der Waals surface area contributed by atoms with Crippen molar-refractivity contribution < 1.29 is 4.74 Å². The molecule has 0 aliphatic carbocycles. The van der Waals surface area contributed by atoms with E-state index in [1.807, 2.05) is 51.1 Å². The molecule has 0 atom stereocenters. The monoisotopic (exact) mass is 362 g/mol. The molecule has 1 aromatic heterocycles. The Balaban J connectivity index is 1.76. The molecular weight excluding hydrogens is 336 g/mol. The minimum absolute atomic E-state index is 0.0953. The van der Waals surface area contributed by atoms with Crippen molar-refractivity contribution in [3.8, 4) is 5.75 Å². The summed E-state index contributed by atoms with van der Waals surface area (Å²) in [6.07, 6.45) is 0.0953. The summed E-state index contributed by atoms with van der Waals surface area (Å²) in [4.78, 5) is 9.10. The van der Waals surface area contributed by atoms with E-state index >= 15 is 0 Å². The second kappa shape index (κ2) is 8.54. The highest BCUT2D eigenvalue weighted by Gasteiger charge is 2.08. The average molecular weight is 362 g/mol. The molecule has 0 aliphatic rings. The molecule has 0 saturated carbocycles. The molecule has 3 rings (SSSR count). The van der Waals surface area contributed by atoms with Crippen molar-refractivity contribution in [2.75, 3.05) is 10.6 Å². The maximum absolute atomic E-state index is 5.86. The number of nitrogens with one attached hydrogen (secondary N) is 2. The largest absolute Gasteiger partial charge is 0.489 e. The van der Waals surface area contributed by atoms with Gasteiger partial charge in [-0.3, -0.25) is 0 Å². The number of nitrogens with zero attached hydrogens (tertiary/aromatic N) is 2. The minimum Gasteiger partial charge on any atom is -0.489 e. The lowest BCUT2D eigenvalue weighted by Crippen LogP contribution is -2.09. The van der Waals surface area contributed by atoms with E-state index in [1.54, 1.807) is 0 Å². The van der Waals surface area contributed by atoms with Gasteiger partial charge in [0.05, 0.1) is 11.8 Å². The van der Waals surface area contributed by atoms with Crippen LogP contribution in [0.15, 0.2) is 54.6 Å². The molecule has 140 valence electrons. The van der Waals surface area contributed by atoms with Crippen molar-refractivity contribution in [2.45, 2.75) is 40.3 Å². The smallest absolute Gasteiger partial charge is 0.229 e. The SMILES string of the molecule is Cc1cccc(CNc2cc(C)nc(Nc3ccccc3OC(C)C)n2)c1. The van der Waals surface area contributed by atoms with Crippen molar-refractivity contribution in [1.82, 2.24) is 9.97 Å². The Morgan fingerprint density at radius 2 is 1.78 bits per heavy atom. The zero-order valence-electron chi connectivity index (χ0n) is 16.3. The summed E-state index contributed by atoms with van der Waals surface area (Å²) in [6.45, 7) is 8.78. The molecule has 0 amide bonds. The lowest BCUT2D eigenvalue weighted by Gasteiger charge is -2.15. The lowest BCUT2D eigenvalue weighted by atomic mass is 10.1. The summed E-state index contributed by atoms with van der Waals surface area (Å²) in [7, 11) is 0. The first-order valence-corrected chi connectivity index (χ1v) is 9.17. The summed E-state index contributed by atoms with van der Waals surface area (Å²) in [5, 5.41) is 6.66. The predicted molar refractivity (Wildman–Crippen MR) is 111 cm³/mol. The number of benzene rings is 2. The zero-order valence-corrected chi connectivity index (χ0v) is 16.3. The molecule has 0 aliphatic heterocycles. The summed E-state index contributed by atoms with van der Waals surface area (Å²) in [5.74, 6) is 2.11. The Kier molecular flexibility index (Phi) is 5.91. The van der Waals surface area contributed by atoms with Gasteiger partial charge in [-0.05, 0) is 45.4 Å². The molecule has 3 aromatic rings. The van der Waals surface area contributed by atoms with Crippen LogP contribution in [0.5, 0.6) is 5.75 Å². The lowest BCUT2D eigenvalue weighted by molar-refractivity contribution is 0.244. The molecule has 0 radical (unpaired) electrons. The first-order valence-electron chi connectivity index (χ1n) is 9.17. The van der Waals surface area contributed by atoms with Gasteiger partial charge < -0.3 is 15.4 Å². The Hall–Kier alpha value is -3.08. The van der Waals surface area contributed by atoms with Gasteiger partial charge in [0, 0.05) is 18.3 Å². The number of para-hydroxylation sites is 2. The molecule has 0 unspecified atom stereocenters. The Morgan fingerprint density at radius 3 is 2.56 bits per heavy atom. The molecule has 1 heterocycles. The molecule has 0 spiro atoms. The van der Waals surface area contributed by atoms with Gasteiger partial charge in [0.25, 0.3) is 0 Å². The Morgan fingerprint density at radius 1 is 0.963 bits per heavy atom. The third-order valence-electron chi connectivity index (χ3n) is 3.91. The molecule has 2 aromatic carbocycles. The highest BCUT2D eigenvalue weighted by atomic mass is 16.5. The van der Waals surface area contributed by atoms with Crippen LogP contribution in [0.3, 0.4) is 0 Å². The van der Waals surface area contributed by atoms with Crippen molar-refractivity contribution >= 4 is 17.5 Å².